The molecule has 1 aromatic rings. The van der Waals surface area contributed by atoms with Crippen molar-refractivity contribution in [3.05, 3.63) is 29.3 Å². The van der Waals surface area contributed by atoms with Gasteiger partial charge in [-0.25, -0.2) is 8.78 Å². The number of halogens is 2. The van der Waals surface area contributed by atoms with Crippen LogP contribution in [-0.2, 0) is 6.54 Å². The van der Waals surface area contributed by atoms with Crippen LogP contribution in [0.4, 0.5) is 8.78 Å². The van der Waals surface area contributed by atoms with Crippen molar-refractivity contribution in [2.24, 2.45) is 5.73 Å². The highest BCUT2D eigenvalue weighted by Gasteiger charge is 2.09. The molecule has 3 nitrogen and oxygen atoms in total. The highest BCUT2D eigenvalue weighted by molar-refractivity contribution is 5.30. The molecule has 5 heteroatoms. The van der Waals surface area contributed by atoms with Gasteiger partial charge in [-0.15, -0.1) is 0 Å². The zero-order chi connectivity index (χ0) is 12.1. The van der Waals surface area contributed by atoms with Crippen LogP contribution in [0.1, 0.15) is 12.5 Å². The largest absolute Gasteiger partial charge is 0.494 e. The maximum atomic E-state index is 13.4. The maximum Gasteiger partial charge on any atom is 0.165 e. The number of nitrogens with one attached hydrogen (secondary N) is 1. The Kier molecular flexibility index (Phi) is 4.64. The number of ether oxygens (including phenoxy) is 1. The van der Waals surface area contributed by atoms with Gasteiger partial charge in [0.05, 0.1) is 7.11 Å². The summed E-state index contributed by atoms with van der Waals surface area (Å²) in [7, 11) is 1.30. The van der Waals surface area contributed by atoms with Gasteiger partial charge in [0.2, 0.25) is 0 Å². The lowest BCUT2D eigenvalue weighted by Crippen LogP contribution is -2.30. The number of methoxy groups -OCH3 is 1. The Morgan fingerprint density at radius 1 is 1.38 bits per heavy atom. The third-order valence-corrected chi connectivity index (χ3v) is 2.10. The van der Waals surface area contributed by atoms with Gasteiger partial charge in [0.15, 0.2) is 11.6 Å². The summed E-state index contributed by atoms with van der Waals surface area (Å²) in [5.74, 6) is -1.15. The summed E-state index contributed by atoms with van der Waals surface area (Å²) in [5, 5.41) is 2.93. The molecule has 16 heavy (non-hydrogen) atoms. The van der Waals surface area contributed by atoms with Gasteiger partial charge < -0.3 is 15.8 Å². The van der Waals surface area contributed by atoms with Gasteiger partial charge in [-0.1, -0.05) is 0 Å². The van der Waals surface area contributed by atoms with Gasteiger partial charge in [0.1, 0.15) is 5.82 Å². The predicted molar refractivity (Wildman–Crippen MR) is 58.3 cm³/mol. The van der Waals surface area contributed by atoms with Crippen molar-refractivity contribution in [2.75, 3.05) is 13.7 Å². The molecular formula is C11H16F2N2O. The Hall–Kier alpha value is -1.20. The number of hydrogen-bond acceptors (Lipinski definition) is 3. The maximum absolute atomic E-state index is 13.4. The van der Waals surface area contributed by atoms with Gasteiger partial charge in [-0.3, -0.25) is 0 Å². The Bertz CT molecular complexity index is 356. The van der Waals surface area contributed by atoms with Gasteiger partial charge in [-0.05, 0) is 13.0 Å². The number of benzene rings is 1. The van der Waals surface area contributed by atoms with E-state index in [0.717, 1.165) is 12.1 Å². The van der Waals surface area contributed by atoms with E-state index in [1.165, 1.54) is 7.11 Å². The van der Waals surface area contributed by atoms with E-state index >= 15 is 0 Å². The van der Waals surface area contributed by atoms with Crippen LogP contribution in [-0.4, -0.2) is 19.7 Å². The molecule has 0 amide bonds. The van der Waals surface area contributed by atoms with Crippen LogP contribution < -0.4 is 15.8 Å². The van der Waals surface area contributed by atoms with Crippen LogP contribution in [0.25, 0.3) is 0 Å². The molecule has 0 aromatic heterocycles. The average molecular weight is 230 g/mol. The second-order valence-electron chi connectivity index (χ2n) is 3.69. The van der Waals surface area contributed by atoms with Crippen LogP contribution in [0.3, 0.4) is 0 Å². The van der Waals surface area contributed by atoms with Crippen LogP contribution in [0.2, 0.25) is 0 Å². The molecule has 0 heterocycles. The van der Waals surface area contributed by atoms with E-state index in [1.54, 1.807) is 0 Å². The third kappa shape index (κ3) is 3.43. The normalized spacial score (nSPS) is 12.6. The second kappa shape index (κ2) is 5.77. The quantitative estimate of drug-likeness (QED) is 0.804. The van der Waals surface area contributed by atoms with E-state index in [-0.39, 0.29) is 23.9 Å². The summed E-state index contributed by atoms with van der Waals surface area (Å²) in [6, 6.07) is 2.15. The van der Waals surface area contributed by atoms with Crippen molar-refractivity contribution in [3.8, 4) is 5.75 Å². The summed E-state index contributed by atoms with van der Waals surface area (Å²) < 4.78 is 31.4. The minimum atomic E-state index is -0.568. The van der Waals surface area contributed by atoms with Crippen molar-refractivity contribution in [1.82, 2.24) is 5.32 Å². The number of rotatable bonds is 5. The molecule has 1 atom stereocenters. The Labute approximate surface area is 93.6 Å². The van der Waals surface area contributed by atoms with Crippen molar-refractivity contribution < 1.29 is 13.5 Å². The minimum absolute atomic E-state index is 0.0221. The first-order valence-corrected chi connectivity index (χ1v) is 5.02. The molecule has 3 N–H and O–H groups in total. The molecule has 0 saturated carbocycles. The van der Waals surface area contributed by atoms with Gasteiger partial charge in [-0.2, -0.15) is 0 Å². The lowest BCUT2D eigenvalue weighted by molar-refractivity contribution is 0.381. The molecule has 1 unspecified atom stereocenters. The Morgan fingerprint density at radius 2 is 2.06 bits per heavy atom. The van der Waals surface area contributed by atoms with E-state index in [9.17, 15) is 8.78 Å². The monoisotopic (exact) mass is 230 g/mol. The Morgan fingerprint density at radius 3 is 2.62 bits per heavy atom. The Balaban J connectivity index is 2.70. The molecule has 0 aliphatic rings. The third-order valence-electron chi connectivity index (χ3n) is 2.10. The summed E-state index contributed by atoms with van der Waals surface area (Å²) in [6.45, 7) is 2.62. The smallest absolute Gasteiger partial charge is 0.165 e. The molecule has 0 fully saturated rings. The van der Waals surface area contributed by atoms with Crippen LogP contribution in [0.5, 0.6) is 5.75 Å². The fourth-order valence-electron chi connectivity index (χ4n) is 1.30. The van der Waals surface area contributed by atoms with E-state index in [0.29, 0.717) is 6.54 Å². The van der Waals surface area contributed by atoms with Crippen LogP contribution >= 0.6 is 0 Å². The minimum Gasteiger partial charge on any atom is -0.494 e. The van der Waals surface area contributed by atoms with Gasteiger partial charge in [0.25, 0.3) is 0 Å². The predicted octanol–water partition coefficient (Wildman–Crippen LogP) is 1.41. The molecule has 0 radical (unpaired) electrons. The van der Waals surface area contributed by atoms with Crippen molar-refractivity contribution in [1.29, 1.82) is 0 Å². The number of nitrogens with two attached hydrogens (primary N) is 1. The van der Waals surface area contributed by atoms with Crippen molar-refractivity contribution in [3.63, 3.8) is 0 Å². The van der Waals surface area contributed by atoms with E-state index in [4.69, 9.17) is 5.73 Å². The standard InChI is InChI=1S/C11H16F2N2O/c1-7(14)5-15-6-8-3-10(13)11(16-2)4-9(8)12/h3-4,7,15H,5-6,14H2,1-2H3. The lowest BCUT2D eigenvalue weighted by Gasteiger charge is -2.10. The van der Waals surface area contributed by atoms with Crippen LogP contribution in [0, 0.1) is 11.6 Å². The molecule has 0 bridgehead atoms. The molecular weight excluding hydrogens is 214 g/mol. The van der Waals surface area contributed by atoms with Crippen molar-refractivity contribution >= 4 is 0 Å². The molecule has 0 saturated heterocycles. The molecule has 1 rings (SSSR count). The van der Waals surface area contributed by atoms with E-state index < -0.39 is 11.6 Å². The number of hydrogen-bond donors (Lipinski definition) is 2. The molecule has 0 spiro atoms. The highest BCUT2D eigenvalue weighted by Crippen LogP contribution is 2.20. The first-order chi connectivity index (χ1) is 7.54. The molecule has 90 valence electrons. The summed E-state index contributed by atoms with van der Waals surface area (Å²) in [4.78, 5) is 0. The van der Waals surface area contributed by atoms with E-state index in [2.05, 4.69) is 10.1 Å². The van der Waals surface area contributed by atoms with E-state index in [1.807, 2.05) is 6.92 Å². The second-order valence-corrected chi connectivity index (χ2v) is 3.69. The average Bonchev–Trinajstić information content (AvgIpc) is 2.22. The van der Waals surface area contributed by atoms with Gasteiger partial charge in [0, 0.05) is 30.8 Å². The molecule has 0 aliphatic heterocycles. The fourth-order valence-corrected chi connectivity index (χ4v) is 1.30. The molecule has 1 aromatic carbocycles. The first kappa shape index (κ1) is 12.9. The molecule has 0 aliphatic carbocycles. The summed E-state index contributed by atoms with van der Waals surface area (Å²) in [5.41, 5.74) is 5.78. The highest BCUT2D eigenvalue weighted by atomic mass is 19.1. The summed E-state index contributed by atoms with van der Waals surface area (Å²) in [6.07, 6.45) is 0. The van der Waals surface area contributed by atoms with Crippen LogP contribution in [0.15, 0.2) is 12.1 Å². The SMILES string of the molecule is COc1cc(F)c(CNCC(C)N)cc1F. The topological polar surface area (TPSA) is 47.3 Å². The zero-order valence-corrected chi connectivity index (χ0v) is 9.39. The summed E-state index contributed by atoms with van der Waals surface area (Å²) >= 11 is 0. The zero-order valence-electron chi connectivity index (χ0n) is 9.39. The lowest BCUT2D eigenvalue weighted by atomic mass is 10.2. The van der Waals surface area contributed by atoms with Crippen molar-refractivity contribution in [2.45, 2.75) is 19.5 Å². The fraction of sp³-hybridized carbons (Fsp3) is 0.455. The van der Waals surface area contributed by atoms with Gasteiger partial charge >= 0.3 is 0 Å². The first-order valence-electron chi connectivity index (χ1n) is 5.02.